The van der Waals surface area contributed by atoms with Gasteiger partial charge < -0.3 is 9.84 Å². The normalized spacial score (nSPS) is 25.7. The Hall–Kier alpha value is -1.35. The summed E-state index contributed by atoms with van der Waals surface area (Å²) in [5.74, 6) is 0.0347. The van der Waals surface area contributed by atoms with E-state index in [0.29, 0.717) is 12.5 Å². The highest BCUT2D eigenvalue weighted by Gasteiger charge is 2.22. The van der Waals surface area contributed by atoms with Gasteiger partial charge in [-0.15, -0.1) is 0 Å². The second-order valence-electron chi connectivity index (χ2n) is 5.92. The summed E-state index contributed by atoms with van der Waals surface area (Å²) >= 11 is 0. The van der Waals surface area contributed by atoms with Crippen molar-refractivity contribution in [2.24, 2.45) is 5.92 Å². The third kappa shape index (κ3) is 8.51. The molecule has 0 bridgehead atoms. The number of epoxide rings is 1. The number of rotatable bonds is 6. The molecule has 3 nitrogen and oxygen atoms in total. The summed E-state index contributed by atoms with van der Waals surface area (Å²) in [5.41, 5.74) is 1.95. The lowest BCUT2D eigenvalue weighted by Crippen LogP contribution is -1.99. The van der Waals surface area contributed by atoms with Crippen LogP contribution in [0.1, 0.15) is 52.4 Å². The van der Waals surface area contributed by atoms with Crippen LogP contribution in [0.15, 0.2) is 36.0 Å². The van der Waals surface area contributed by atoms with Gasteiger partial charge in [-0.1, -0.05) is 37.3 Å². The van der Waals surface area contributed by atoms with Crippen molar-refractivity contribution in [2.45, 2.75) is 58.5 Å². The van der Waals surface area contributed by atoms with Gasteiger partial charge in [-0.25, -0.2) is 4.79 Å². The van der Waals surface area contributed by atoms with E-state index in [2.05, 4.69) is 38.7 Å². The van der Waals surface area contributed by atoms with Crippen molar-refractivity contribution in [1.29, 1.82) is 0 Å². The molecule has 2 aliphatic rings. The van der Waals surface area contributed by atoms with Crippen LogP contribution in [0.3, 0.4) is 0 Å². The topological polar surface area (TPSA) is 49.8 Å². The van der Waals surface area contributed by atoms with Gasteiger partial charge in [0.15, 0.2) is 0 Å². The van der Waals surface area contributed by atoms with Crippen LogP contribution < -0.4 is 0 Å². The zero-order valence-electron chi connectivity index (χ0n) is 13.3. The number of aliphatic carboxylic acids is 1. The van der Waals surface area contributed by atoms with E-state index in [1.54, 1.807) is 5.57 Å². The summed E-state index contributed by atoms with van der Waals surface area (Å²) in [6, 6.07) is 0. The Kier molecular flexibility index (Phi) is 8.06. The molecule has 0 amide bonds. The van der Waals surface area contributed by atoms with E-state index in [1.165, 1.54) is 19.3 Å². The Morgan fingerprint density at radius 2 is 2.24 bits per heavy atom. The first-order valence-corrected chi connectivity index (χ1v) is 7.84. The van der Waals surface area contributed by atoms with Gasteiger partial charge >= 0.3 is 5.97 Å². The minimum atomic E-state index is -0.902. The molecular weight excluding hydrogens is 264 g/mol. The molecule has 3 heteroatoms. The molecule has 118 valence electrons. The highest BCUT2D eigenvalue weighted by atomic mass is 16.6. The Morgan fingerprint density at radius 3 is 2.71 bits per heavy atom. The fourth-order valence-electron chi connectivity index (χ4n) is 2.32. The number of carboxylic acids is 1. The van der Waals surface area contributed by atoms with E-state index in [4.69, 9.17) is 9.84 Å². The maximum absolute atomic E-state index is 10.2. The molecule has 0 aromatic carbocycles. The predicted octanol–water partition coefficient (Wildman–Crippen LogP) is 4.51. The average molecular weight is 292 g/mol. The van der Waals surface area contributed by atoms with Crippen molar-refractivity contribution in [3.8, 4) is 0 Å². The summed E-state index contributed by atoms with van der Waals surface area (Å²) in [5, 5.41) is 8.37. The van der Waals surface area contributed by atoms with E-state index in [9.17, 15) is 4.79 Å². The molecule has 21 heavy (non-hydrogen) atoms. The van der Waals surface area contributed by atoms with E-state index in [1.807, 2.05) is 0 Å². The third-order valence-corrected chi connectivity index (χ3v) is 3.82. The Labute approximate surface area is 128 Å². The number of hydrogen-bond acceptors (Lipinski definition) is 2. The zero-order valence-corrected chi connectivity index (χ0v) is 13.3. The lowest BCUT2D eigenvalue weighted by atomic mass is 10.1. The Balaban J connectivity index is 0.000000211. The van der Waals surface area contributed by atoms with Gasteiger partial charge in [-0.3, -0.25) is 0 Å². The summed E-state index contributed by atoms with van der Waals surface area (Å²) in [6.07, 6.45) is 13.6. The van der Waals surface area contributed by atoms with E-state index < -0.39 is 5.97 Å². The zero-order chi connectivity index (χ0) is 15.7. The molecule has 1 aliphatic heterocycles. The molecule has 2 unspecified atom stereocenters. The third-order valence-electron chi connectivity index (χ3n) is 3.82. The number of carbonyl (C=O) groups is 1. The first-order chi connectivity index (χ1) is 10.0. The second kappa shape index (κ2) is 9.56. The molecule has 2 rings (SSSR count). The summed E-state index contributed by atoms with van der Waals surface area (Å²) in [4.78, 5) is 10.2. The van der Waals surface area contributed by atoms with Crippen LogP contribution in [0, 0.1) is 5.92 Å². The van der Waals surface area contributed by atoms with Crippen LogP contribution in [0.4, 0.5) is 0 Å². The fraction of sp³-hybridized carbons (Fsp3) is 0.611. The van der Waals surface area contributed by atoms with Crippen LogP contribution in [-0.2, 0) is 9.53 Å². The molecule has 1 heterocycles. The van der Waals surface area contributed by atoms with Crippen molar-refractivity contribution in [3.63, 3.8) is 0 Å². The molecule has 1 saturated heterocycles. The first-order valence-electron chi connectivity index (χ1n) is 7.84. The maximum atomic E-state index is 10.2. The number of allylic oxidation sites excluding steroid dienone is 4. The van der Waals surface area contributed by atoms with E-state index in [-0.39, 0.29) is 5.57 Å². The molecule has 0 aromatic heterocycles. The quantitative estimate of drug-likeness (QED) is 0.445. The van der Waals surface area contributed by atoms with Crippen molar-refractivity contribution in [3.05, 3.63) is 36.0 Å². The van der Waals surface area contributed by atoms with Crippen LogP contribution >= 0.6 is 0 Å². The van der Waals surface area contributed by atoms with Crippen LogP contribution in [0.25, 0.3) is 0 Å². The molecule has 2 fully saturated rings. The fourth-order valence-corrected chi connectivity index (χ4v) is 2.32. The highest BCUT2D eigenvalue weighted by molar-refractivity contribution is 5.85. The van der Waals surface area contributed by atoms with Crippen molar-refractivity contribution in [2.75, 3.05) is 6.61 Å². The monoisotopic (exact) mass is 292 g/mol. The van der Waals surface area contributed by atoms with Gasteiger partial charge in [0.2, 0.25) is 0 Å². The van der Waals surface area contributed by atoms with E-state index >= 15 is 0 Å². The van der Waals surface area contributed by atoms with Gasteiger partial charge in [0.05, 0.1) is 12.7 Å². The standard InChI is InChI=1S/C11H18.C7H10O3/c1-3-4-5-6-11-8-7-10(2)9-11;1-5(7(8)9)2-3-6-4-10-6/h3-4,6,10H,5,7-9H2,1-2H3;6H,1-4H2,(H,8,9). The van der Waals surface area contributed by atoms with Gasteiger partial charge in [-0.05, 0) is 51.4 Å². The molecule has 2 atom stereocenters. The van der Waals surface area contributed by atoms with Crippen LogP contribution in [0.5, 0.6) is 0 Å². The first kappa shape index (κ1) is 17.7. The summed E-state index contributed by atoms with van der Waals surface area (Å²) < 4.78 is 4.90. The van der Waals surface area contributed by atoms with E-state index in [0.717, 1.165) is 25.4 Å². The van der Waals surface area contributed by atoms with Gasteiger partial charge in [0, 0.05) is 5.57 Å². The predicted molar refractivity (Wildman–Crippen MR) is 86.3 cm³/mol. The SMILES string of the molecule is C=C(CCC1CO1)C(=O)O.CC=CCC=C1CCC(C)C1. The maximum Gasteiger partial charge on any atom is 0.330 e. The van der Waals surface area contributed by atoms with Gasteiger partial charge in [0.25, 0.3) is 0 Å². The van der Waals surface area contributed by atoms with Gasteiger partial charge in [-0.2, -0.15) is 0 Å². The number of ether oxygens (including phenoxy) is 1. The van der Waals surface area contributed by atoms with Crippen molar-refractivity contribution in [1.82, 2.24) is 0 Å². The number of hydrogen-bond donors (Lipinski definition) is 1. The van der Waals surface area contributed by atoms with Crippen LogP contribution in [-0.4, -0.2) is 23.8 Å². The van der Waals surface area contributed by atoms with Crippen molar-refractivity contribution < 1.29 is 14.6 Å². The summed E-state index contributed by atoms with van der Waals surface area (Å²) in [7, 11) is 0. The second-order valence-corrected chi connectivity index (χ2v) is 5.92. The Morgan fingerprint density at radius 1 is 1.52 bits per heavy atom. The molecule has 1 N–H and O–H groups in total. The number of carboxylic acid groups (broad SMARTS) is 1. The molecule has 1 aliphatic carbocycles. The molecule has 0 aromatic rings. The largest absolute Gasteiger partial charge is 0.478 e. The van der Waals surface area contributed by atoms with Gasteiger partial charge in [0.1, 0.15) is 0 Å². The summed E-state index contributed by atoms with van der Waals surface area (Å²) in [6.45, 7) is 8.61. The highest BCUT2D eigenvalue weighted by Crippen LogP contribution is 2.29. The molecular formula is C18H28O3. The smallest absolute Gasteiger partial charge is 0.330 e. The lowest BCUT2D eigenvalue weighted by Gasteiger charge is -1.95. The molecule has 0 spiro atoms. The van der Waals surface area contributed by atoms with Crippen molar-refractivity contribution >= 4 is 5.97 Å². The molecule has 0 radical (unpaired) electrons. The Bertz CT molecular complexity index is 403. The minimum absolute atomic E-state index is 0.274. The minimum Gasteiger partial charge on any atom is -0.478 e. The average Bonchev–Trinajstić information content (AvgIpc) is 3.19. The lowest BCUT2D eigenvalue weighted by molar-refractivity contribution is -0.132. The van der Waals surface area contributed by atoms with Crippen LogP contribution in [0.2, 0.25) is 0 Å². The molecule has 1 saturated carbocycles.